The lowest BCUT2D eigenvalue weighted by Crippen LogP contribution is -2.32. The van der Waals surface area contributed by atoms with Crippen LogP contribution in [0.15, 0.2) is 83.1 Å². The number of nitrogens with one attached hydrogen (secondary N) is 1. The Bertz CT molecular complexity index is 1390. The Kier molecular flexibility index (Phi) is 4.55. The zero-order valence-electron chi connectivity index (χ0n) is 16.5. The zero-order valence-corrected chi connectivity index (χ0v) is 18.8. The van der Waals surface area contributed by atoms with Crippen molar-refractivity contribution in [2.24, 2.45) is 0 Å². The van der Waals surface area contributed by atoms with Crippen LogP contribution in [0.5, 0.6) is 5.75 Å². The maximum atomic E-state index is 13.7. The lowest BCUT2D eigenvalue weighted by molar-refractivity contribution is 0.223. The Hall–Kier alpha value is -3.16. The second kappa shape index (κ2) is 7.46. The highest BCUT2D eigenvalue weighted by Crippen LogP contribution is 2.51. The van der Waals surface area contributed by atoms with Crippen molar-refractivity contribution < 1.29 is 9.13 Å². The van der Waals surface area contributed by atoms with Crippen molar-refractivity contribution in [3.8, 4) is 5.75 Å². The Morgan fingerprint density at radius 2 is 1.88 bits per heavy atom. The molecule has 8 heteroatoms. The van der Waals surface area contributed by atoms with Crippen LogP contribution in [0.2, 0.25) is 5.02 Å². The third kappa shape index (κ3) is 3.12. The molecule has 3 heterocycles. The molecule has 1 N–H and O–H groups in total. The van der Waals surface area contributed by atoms with Gasteiger partial charge in [0, 0.05) is 20.6 Å². The van der Waals surface area contributed by atoms with Crippen molar-refractivity contribution >= 4 is 39.2 Å². The van der Waals surface area contributed by atoms with Gasteiger partial charge in [-0.1, -0.05) is 51.8 Å². The van der Waals surface area contributed by atoms with Crippen LogP contribution in [-0.4, -0.2) is 14.8 Å². The molecule has 32 heavy (non-hydrogen) atoms. The molecule has 0 unspecified atom stereocenters. The van der Waals surface area contributed by atoms with Gasteiger partial charge < -0.3 is 10.1 Å². The van der Waals surface area contributed by atoms with Gasteiger partial charge in [0.1, 0.15) is 30.0 Å². The van der Waals surface area contributed by atoms with Crippen LogP contribution in [0.1, 0.15) is 28.8 Å². The first kappa shape index (κ1) is 19.5. The fourth-order valence-corrected chi connectivity index (χ4v) is 4.94. The molecule has 3 aromatic carbocycles. The number of ether oxygens (including phenoxy) is 1. The number of hydrogen-bond donors (Lipinski definition) is 1. The van der Waals surface area contributed by atoms with Gasteiger partial charge in [-0.05, 0) is 53.6 Å². The third-order valence-electron chi connectivity index (χ3n) is 5.71. The molecule has 0 saturated heterocycles. The Morgan fingerprint density at radius 3 is 2.69 bits per heavy atom. The molecule has 0 amide bonds. The SMILES string of the molecule is Fc1ccc([C@H]2C3=C(Nc4ncnn42)c2cc(Cl)ccc2O[C@H]3c2cccc(Br)c2)cc1. The van der Waals surface area contributed by atoms with E-state index in [0.717, 1.165) is 38.2 Å². The number of rotatable bonds is 2. The van der Waals surface area contributed by atoms with Crippen molar-refractivity contribution in [1.29, 1.82) is 0 Å². The van der Waals surface area contributed by atoms with Gasteiger partial charge >= 0.3 is 0 Å². The minimum Gasteiger partial charge on any atom is -0.480 e. The van der Waals surface area contributed by atoms with E-state index in [-0.39, 0.29) is 11.9 Å². The van der Waals surface area contributed by atoms with Gasteiger partial charge in [-0.25, -0.2) is 9.07 Å². The monoisotopic (exact) mass is 508 g/mol. The molecule has 5 nitrogen and oxygen atoms in total. The van der Waals surface area contributed by atoms with Crippen LogP contribution in [0.4, 0.5) is 10.3 Å². The van der Waals surface area contributed by atoms with Crippen LogP contribution in [0, 0.1) is 5.82 Å². The van der Waals surface area contributed by atoms with Gasteiger partial charge in [-0.2, -0.15) is 10.1 Å². The van der Waals surface area contributed by atoms with E-state index < -0.39 is 6.10 Å². The Balaban J connectivity index is 1.64. The summed E-state index contributed by atoms with van der Waals surface area (Å²) in [6.45, 7) is 0. The second-order valence-corrected chi connectivity index (χ2v) is 8.98. The molecule has 158 valence electrons. The van der Waals surface area contributed by atoms with Crippen LogP contribution < -0.4 is 10.1 Å². The van der Waals surface area contributed by atoms with E-state index in [4.69, 9.17) is 16.3 Å². The van der Waals surface area contributed by atoms with E-state index in [1.54, 1.807) is 16.8 Å². The zero-order chi connectivity index (χ0) is 21.8. The quantitative estimate of drug-likeness (QED) is 0.340. The van der Waals surface area contributed by atoms with Crippen molar-refractivity contribution in [3.63, 3.8) is 0 Å². The number of anilines is 1. The highest BCUT2D eigenvalue weighted by Gasteiger charge is 2.41. The summed E-state index contributed by atoms with van der Waals surface area (Å²) in [6, 6.07) is 19.7. The smallest absolute Gasteiger partial charge is 0.226 e. The van der Waals surface area contributed by atoms with E-state index in [2.05, 4.69) is 31.3 Å². The average Bonchev–Trinajstić information content (AvgIpc) is 3.26. The highest BCUT2D eigenvalue weighted by atomic mass is 79.9. The minimum atomic E-state index is -0.406. The van der Waals surface area contributed by atoms with Crippen LogP contribution in [-0.2, 0) is 0 Å². The molecule has 2 aliphatic rings. The Morgan fingerprint density at radius 1 is 1.03 bits per heavy atom. The predicted octanol–water partition coefficient (Wildman–Crippen LogP) is 6.39. The van der Waals surface area contributed by atoms with E-state index >= 15 is 0 Å². The van der Waals surface area contributed by atoms with Crippen molar-refractivity contribution in [1.82, 2.24) is 14.8 Å². The highest BCUT2D eigenvalue weighted by molar-refractivity contribution is 9.10. The summed E-state index contributed by atoms with van der Waals surface area (Å²) in [5, 5.41) is 8.51. The van der Waals surface area contributed by atoms with Crippen LogP contribution in [0.25, 0.3) is 5.70 Å². The molecule has 0 bridgehead atoms. The third-order valence-corrected chi connectivity index (χ3v) is 6.44. The number of benzene rings is 3. The molecule has 2 aliphatic heterocycles. The maximum Gasteiger partial charge on any atom is 0.226 e. The maximum absolute atomic E-state index is 13.7. The summed E-state index contributed by atoms with van der Waals surface area (Å²) in [5.74, 6) is 1.02. The fraction of sp³-hybridized carbons (Fsp3) is 0.0833. The normalized spacial score (nSPS) is 18.8. The van der Waals surface area contributed by atoms with Crippen molar-refractivity contribution in [2.75, 3.05) is 5.32 Å². The molecule has 0 aliphatic carbocycles. The lowest BCUT2D eigenvalue weighted by atomic mass is 9.84. The molecule has 0 fully saturated rings. The van der Waals surface area contributed by atoms with Gasteiger partial charge in [-0.3, -0.25) is 0 Å². The molecule has 1 aromatic heterocycles. The largest absolute Gasteiger partial charge is 0.480 e. The van der Waals surface area contributed by atoms with E-state index in [0.29, 0.717) is 11.0 Å². The number of fused-ring (bicyclic) bond motifs is 3. The van der Waals surface area contributed by atoms with Gasteiger partial charge in [0.05, 0.1) is 5.70 Å². The minimum absolute atomic E-state index is 0.295. The summed E-state index contributed by atoms with van der Waals surface area (Å²) < 4.78 is 23.1. The van der Waals surface area contributed by atoms with Gasteiger partial charge in [-0.15, -0.1) is 0 Å². The molecule has 2 atom stereocenters. The standard InChI is InChI=1S/C24H15BrClFN4O/c25-15-3-1-2-14(10-15)23-20-21(18-11-16(26)6-9-19(18)32-23)30-24-28-12-29-31(24)22(20)13-4-7-17(27)8-5-13/h1-12,22-23H,(H,28,29,30)/t22-,23-/m0/s1. The van der Waals surface area contributed by atoms with Gasteiger partial charge in [0.15, 0.2) is 0 Å². The van der Waals surface area contributed by atoms with E-state index in [1.807, 2.05) is 42.5 Å². The Labute approximate surface area is 196 Å². The lowest BCUT2D eigenvalue weighted by Gasteiger charge is -2.39. The van der Waals surface area contributed by atoms with Gasteiger partial charge in [0.2, 0.25) is 5.95 Å². The molecule has 0 saturated carbocycles. The molecular weight excluding hydrogens is 495 g/mol. The second-order valence-electron chi connectivity index (χ2n) is 7.63. The molecule has 4 aromatic rings. The van der Waals surface area contributed by atoms with Gasteiger partial charge in [0.25, 0.3) is 0 Å². The number of hydrogen-bond acceptors (Lipinski definition) is 4. The first-order valence-electron chi connectivity index (χ1n) is 9.96. The number of aromatic nitrogens is 3. The number of nitrogens with zero attached hydrogens (tertiary/aromatic N) is 3. The summed E-state index contributed by atoms with van der Waals surface area (Å²) in [4.78, 5) is 4.40. The van der Waals surface area contributed by atoms with Crippen molar-refractivity contribution in [3.05, 3.63) is 111 Å². The molecular formula is C24H15BrClFN4O. The van der Waals surface area contributed by atoms with Crippen molar-refractivity contribution in [2.45, 2.75) is 12.1 Å². The summed E-state index contributed by atoms with van der Waals surface area (Å²) in [6.07, 6.45) is 1.10. The van der Waals surface area contributed by atoms with E-state index in [9.17, 15) is 4.39 Å². The summed E-state index contributed by atoms with van der Waals surface area (Å²) >= 11 is 9.92. The summed E-state index contributed by atoms with van der Waals surface area (Å²) in [7, 11) is 0. The van der Waals surface area contributed by atoms with E-state index in [1.165, 1.54) is 18.5 Å². The molecule has 0 radical (unpaired) electrons. The summed E-state index contributed by atoms with van der Waals surface area (Å²) in [5.41, 5.74) is 4.52. The predicted molar refractivity (Wildman–Crippen MR) is 124 cm³/mol. The number of halogens is 3. The topological polar surface area (TPSA) is 52.0 Å². The molecule has 0 spiro atoms. The first-order chi connectivity index (χ1) is 15.6. The van der Waals surface area contributed by atoms with Crippen LogP contribution >= 0.6 is 27.5 Å². The fourth-order valence-electron chi connectivity index (χ4n) is 4.35. The first-order valence-corrected chi connectivity index (χ1v) is 11.1. The molecule has 6 rings (SSSR count). The average molecular weight is 510 g/mol. The van der Waals surface area contributed by atoms with Crippen LogP contribution in [0.3, 0.4) is 0 Å².